The Hall–Kier alpha value is -2.15. The van der Waals surface area contributed by atoms with Gasteiger partial charge in [0, 0.05) is 37.3 Å². The number of ether oxygens (including phenoxy) is 9. The maximum Gasteiger partial charge on any atom is 0.509 e. The van der Waals surface area contributed by atoms with E-state index in [1.54, 1.807) is 27.7 Å². The van der Waals surface area contributed by atoms with E-state index in [-0.39, 0.29) is 31.3 Å². The molecule has 316 valence electrons. The summed E-state index contributed by atoms with van der Waals surface area (Å²) in [5, 5.41) is 27.2. The SMILES string of the molecule is CC[C@H]1OC(=O)[C@H](C)[C@@H](O[C@H]2C[C@@](C)(OC)[C@@H](O)[C@H](C)O2)[C@H](C)[C@@H](O[C@@H]2O[C@H](C)C[C@H](N(C)C)[C@H]2O)C2(C)C[C@@H](C)/C(=N\OCO2)[C@H](C)[C@H]2OC(=O)O[C@@]21C. The molecule has 4 fully saturated rings. The molecule has 16 nitrogen and oxygen atoms in total. The summed E-state index contributed by atoms with van der Waals surface area (Å²) in [6, 6.07) is -0.261. The third-order valence-electron chi connectivity index (χ3n) is 12.9. The van der Waals surface area contributed by atoms with Gasteiger partial charge in [-0.2, -0.15) is 0 Å². The predicted octanol–water partition coefficient (Wildman–Crippen LogP) is 3.77. The third-order valence-corrected chi connectivity index (χ3v) is 12.9. The van der Waals surface area contributed by atoms with Gasteiger partial charge in [0.05, 0.1) is 47.2 Å². The molecule has 55 heavy (non-hydrogen) atoms. The Balaban J connectivity index is 1.65. The lowest BCUT2D eigenvalue weighted by Gasteiger charge is -2.50. The van der Waals surface area contributed by atoms with Gasteiger partial charge >= 0.3 is 12.1 Å². The van der Waals surface area contributed by atoms with Gasteiger partial charge in [-0.15, -0.1) is 0 Å². The number of likely N-dealkylation sites (N-methyl/N-ethyl adjacent to an activating group) is 1. The number of oxime groups is 1. The van der Waals surface area contributed by atoms with E-state index in [1.807, 2.05) is 60.5 Å². The van der Waals surface area contributed by atoms with Gasteiger partial charge in [-0.3, -0.25) is 4.79 Å². The average molecular weight is 787 g/mol. The molecule has 0 aromatic carbocycles. The van der Waals surface area contributed by atoms with Crippen molar-refractivity contribution in [1.82, 2.24) is 4.90 Å². The zero-order valence-electron chi connectivity index (χ0n) is 34.9. The van der Waals surface area contributed by atoms with Crippen LogP contribution in [0, 0.1) is 23.7 Å². The number of fused-ring (bicyclic) bond motifs is 4. The maximum absolute atomic E-state index is 14.5. The van der Waals surface area contributed by atoms with Crippen LogP contribution in [0.15, 0.2) is 5.16 Å². The topological polar surface area (TPSA) is 182 Å². The first-order valence-electron chi connectivity index (χ1n) is 19.8. The van der Waals surface area contributed by atoms with Crippen molar-refractivity contribution in [2.24, 2.45) is 28.8 Å². The van der Waals surface area contributed by atoms with Crippen LogP contribution in [0.1, 0.15) is 94.9 Å². The summed E-state index contributed by atoms with van der Waals surface area (Å²) in [6.07, 6.45) is -7.97. The lowest BCUT2D eigenvalue weighted by atomic mass is 9.73. The van der Waals surface area contributed by atoms with Crippen LogP contribution in [0.25, 0.3) is 0 Å². The average Bonchev–Trinajstić information content (AvgIpc) is 3.43. The normalized spacial score (nSPS) is 49.6. The third kappa shape index (κ3) is 8.68. The Morgan fingerprint density at radius 2 is 1.64 bits per heavy atom. The predicted molar refractivity (Wildman–Crippen MR) is 197 cm³/mol. The van der Waals surface area contributed by atoms with Crippen molar-refractivity contribution in [2.45, 2.75) is 179 Å². The van der Waals surface area contributed by atoms with Crippen LogP contribution in [0.5, 0.6) is 0 Å². The summed E-state index contributed by atoms with van der Waals surface area (Å²) in [5.74, 6) is -3.06. The smallest absolute Gasteiger partial charge is 0.458 e. The Morgan fingerprint density at radius 1 is 0.945 bits per heavy atom. The number of hydrogen-bond donors (Lipinski definition) is 2. The van der Waals surface area contributed by atoms with Crippen molar-refractivity contribution in [2.75, 3.05) is 28.0 Å². The molecule has 5 heterocycles. The first kappa shape index (κ1) is 44.0. The highest BCUT2D eigenvalue weighted by atomic mass is 16.8. The highest BCUT2D eigenvalue weighted by Crippen LogP contribution is 2.44. The Bertz CT molecular complexity index is 1390. The fourth-order valence-electron chi connectivity index (χ4n) is 9.59. The van der Waals surface area contributed by atoms with Crippen LogP contribution in [0.4, 0.5) is 4.79 Å². The van der Waals surface area contributed by atoms with Crippen molar-refractivity contribution in [3.05, 3.63) is 0 Å². The van der Waals surface area contributed by atoms with Crippen LogP contribution < -0.4 is 0 Å². The minimum absolute atomic E-state index is 0.152. The van der Waals surface area contributed by atoms with Crippen molar-refractivity contribution in [1.29, 1.82) is 0 Å². The number of carbonyl (C=O) groups is 2. The Labute approximate surface area is 325 Å². The Kier molecular flexibility index (Phi) is 13.6. The number of esters is 1. The molecule has 5 aliphatic heterocycles. The highest BCUT2D eigenvalue weighted by Gasteiger charge is 2.59. The summed E-state index contributed by atoms with van der Waals surface area (Å²) in [7, 11) is 5.33. The molecule has 0 aromatic heterocycles. The van der Waals surface area contributed by atoms with Crippen LogP contribution in [0.3, 0.4) is 0 Å². The van der Waals surface area contributed by atoms with Crippen molar-refractivity contribution in [3.8, 4) is 0 Å². The van der Waals surface area contributed by atoms with Crippen LogP contribution in [-0.2, 0) is 52.3 Å². The van der Waals surface area contributed by atoms with Gasteiger partial charge in [0.25, 0.3) is 0 Å². The summed E-state index contributed by atoms with van der Waals surface area (Å²) in [6.45, 7) is 18.2. The molecule has 0 aromatic rings. The quantitative estimate of drug-likeness (QED) is 0.356. The van der Waals surface area contributed by atoms with Crippen molar-refractivity contribution >= 4 is 17.8 Å². The van der Waals surface area contributed by atoms with E-state index in [0.29, 0.717) is 25.0 Å². The minimum Gasteiger partial charge on any atom is -0.458 e. The van der Waals surface area contributed by atoms with E-state index in [1.165, 1.54) is 7.11 Å². The summed E-state index contributed by atoms with van der Waals surface area (Å²) >= 11 is 0. The lowest BCUT2D eigenvalue weighted by molar-refractivity contribution is -0.325. The standard InChI is InChI=1S/C39H66N2O14/c1-14-26-39(10)33(54-36(45)55-39)21(4)28-19(2)16-38(9,47-18-48-40-28)32(53-35-29(42)25(41(11)12)15-20(3)49-35)22(5)30(23(6)34(44)51-26)52-27-17-37(8,46-13)31(43)24(7)50-27/h19-27,29-33,35,42-43H,14-18H2,1-13H3/b40-28+/t19-,20-,21+,22+,23-,24+,25+,26-,27+,29-,30+,31+,32-,33-,35+,37-,38?,39-/m1/s1. The van der Waals surface area contributed by atoms with E-state index < -0.39 is 102 Å². The summed E-state index contributed by atoms with van der Waals surface area (Å²) < 4.78 is 56.7. The van der Waals surface area contributed by atoms with E-state index in [0.717, 1.165) is 0 Å². The molecule has 0 saturated carbocycles. The molecular formula is C39H66N2O14. The van der Waals surface area contributed by atoms with Gasteiger partial charge in [-0.25, -0.2) is 4.79 Å². The molecular weight excluding hydrogens is 720 g/mol. The van der Waals surface area contributed by atoms with Crippen LogP contribution >= 0.6 is 0 Å². The highest BCUT2D eigenvalue weighted by molar-refractivity contribution is 5.89. The fourth-order valence-corrected chi connectivity index (χ4v) is 9.59. The molecule has 4 saturated heterocycles. The molecule has 0 radical (unpaired) electrons. The molecule has 2 bridgehead atoms. The van der Waals surface area contributed by atoms with E-state index >= 15 is 0 Å². The molecule has 0 amide bonds. The Morgan fingerprint density at radius 3 is 2.27 bits per heavy atom. The van der Waals surface area contributed by atoms with Crippen LogP contribution in [0.2, 0.25) is 0 Å². The molecule has 0 spiro atoms. The number of methoxy groups -OCH3 is 1. The van der Waals surface area contributed by atoms with E-state index in [4.69, 9.17) is 47.5 Å². The minimum atomic E-state index is -1.37. The second kappa shape index (κ2) is 17.0. The molecule has 16 heteroatoms. The van der Waals surface area contributed by atoms with Gasteiger partial charge in [0.2, 0.25) is 6.79 Å². The molecule has 1 unspecified atom stereocenters. The molecule has 18 atom stereocenters. The first-order chi connectivity index (χ1) is 25.7. The largest absolute Gasteiger partial charge is 0.509 e. The van der Waals surface area contributed by atoms with Crippen molar-refractivity contribution < 1.29 is 67.3 Å². The number of nitrogens with zero attached hydrogens (tertiary/aromatic N) is 2. The summed E-state index contributed by atoms with van der Waals surface area (Å²) in [4.78, 5) is 35.1. The summed E-state index contributed by atoms with van der Waals surface area (Å²) in [5.41, 5.74) is -2.94. The zero-order chi connectivity index (χ0) is 40.8. The second-order valence-corrected chi connectivity index (χ2v) is 17.3. The number of aliphatic hydroxyl groups is 2. The van der Waals surface area contributed by atoms with Gasteiger partial charge < -0.3 is 62.6 Å². The van der Waals surface area contributed by atoms with E-state index in [9.17, 15) is 19.8 Å². The number of hydrogen-bond acceptors (Lipinski definition) is 16. The monoisotopic (exact) mass is 786 g/mol. The first-order valence-corrected chi connectivity index (χ1v) is 19.8. The number of rotatable bonds is 7. The molecule has 5 aliphatic rings. The fraction of sp³-hybridized carbons (Fsp3) is 0.923. The van der Waals surface area contributed by atoms with Gasteiger partial charge in [-0.1, -0.05) is 32.9 Å². The number of cyclic esters (lactones) is 1. The van der Waals surface area contributed by atoms with Crippen LogP contribution in [-0.4, -0.2) is 145 Å². The zero-order valence-corrected chi connectivity index (χ0v) is 34.9. The van der Waals surface area contributed by atoms with Crippen molar-refractivity contribution in [3.63, 3.8) is 0 Å². The number of carbonyl (C=O) groups excluding carboxylic acids is 2. The maximum atomic E-state index is 14.5. The lowest BCUT2D eigenvalue weighted by Crippen LogP contribution is -2.61. The van der Waals surface area contributed by atoms with Gasteiger partial charge in [-0.05, 0) is 74.9 Å². The molecule has 2 N–H and O–H groups in total. The number of aliphatic hydroxyl groups excluding tert-OH is 2. The van der Waals surface area contributed by atoms with Gasteiger partial charge in [0.15, 0.2) is 24.3 Å². The molecule has 5 rings (SSSR count). The van der Waals surface area contributed by atoms with Gasteiger partial charge in [0.1, 0.15) is 18.3 Å². The van der Waals surface area contributed by atoms with E-state index in [2.05, 4.69) is 5.16 Å². The second-order valence-electron chi connectivity index (χ2n) is 17.3. The molecule has 0 aliphatic carbocycles.